The number of unbranched alkanes of at least 4 members (excludes halogenated alkanes) is 2. The van der Waals surface area contributed by atoms with E-state index in [9.17, 15) is 8.78 Å². The predicted octanol–water partition coefficient (Wildman–Crippen LogP) is 7.38. The van der Waals surface area contributed by atoms with E-state index in [1.165, 1.54) is 18.4 Å². The van der Waals surface area contributed by atoms with E-state index in [-0.39, 0.29) is 21.8 Å². The molecule has 3 N–H and O–H groups in total. The molecule has 2 rings (SSSR count). The highest BCUT2D eigenvalue weighted by Crippen LogP contribution is 2.26. The van der Waals surface area contributed by atoms with Gasteiger partial charge >= 0.3 is 0 Å². The maximum absolute atomic E-state index is 14.6. The number of hydrogen-bond acceptors (Lipinski definition) is 7. The molecule has 6 nitrogen and oxygen atoms in total. The molecular weight excluding hydrogens is 492 g/mol. The van der Waals surface area contributed by atoms with Gasteiger partial charge in [-0.1, -0.05) is 45.4 Å². The van der Waals surface area contributed by atoms with Crippen molar-refractivity contribution < 1.29 is 13.5 Å². The lowest BCUT2D eigenvalue weighted by Gasteiger charge is -2.16. The smallest absolute Gasteiger partial charge is 0.139 e. The van der Waals surface area contributed by atoms with Crippen molar-refractivity contribution in [3.63, 3.8) is 0 Å². The maximum Gasteiger partial charge on any atom is 0.139 e. The Labute approximate surface area is 224 Å². The fraction of sp³-hybridized carbons (Fsp3) is 0.571. The Hall–Kier alpha value is -2.55. The summed E-state index contributed by atoms with van der Waals surface area (Å²) in [4.78, 5) is 9.09. The van der Waals surface area contributed by atoms with E-state index < -0.39 is 17.2 Å². The Balaban J connectivity index is 1.85. The van der Waals surface area contributed by atoms with Gasteiger partial charge in [0.05, 0.1) is 23.6 Å². The molecule has 0 radical (unpaired) electrons. The molecule has 1 unspecified atom stereocenters. The fourth-order valence-electron chi connectivity index (χ4n) is 3.83. The fourth-order valence-corrected chi connectivity index (χ4v) is 4.59. The van der Waals surface area contributed by atoms with Crippen LogP contribution in [0.4, 0.5) is 8.78 Å². The van der Waals surface area contributed by atoms with E-state index in [1.807, 2.05) is 12.4 Å². The predicted molar refractivity (Wildman–Crippen MR) is 153 cm³/mol. The molecule has 1 aliphatic heterocycles. The Bertz CT molecular complexity index is 954. The van der Waals surface area contributed by atoms with Crippen molar-refractivity contribution in [1.29, 1.82) is 10.8 Å². The molecule has 0 aliphatic carbocycles. The summed E-state index contributed by atoms with van der Waals surface area (Å²) in [6, 6.07) is 2.23. The molecule has 0 saturated heterocycles. The second-order valence-electron chi connectivity index (χ2n) is 9.56. The van der Waals surface area contributed by atoms with E-state index in [0.29, 0.717) is 12.5 Å². The quantitative estimate of drug-likeness (QED) is 0.157. The minimum Gasteiger partial charge on any atom is -0.493 e. The van der Waals surface area contributed by atoms with Gasteiger partial charge in [-0.25, -0.2) is 8.78 Å². The summed E-state index contributed by atoms with van der Waals surface area (Å²) in [5.74, 6) is -1.27. The number of halogens is 2. The highest BCUT2D eigenvalue weighted by atomic mass is 32.2. The van der Waals surface area contributed by atoms with Crippen LogP contribution in [0.5, 0.6) is 5.75 Å². The zero-order valence-corrected chi connectivity index (χ0v) is 23.1. The summed E-state index contributed by atoms with van der Waals surface area (Å²) in [5, 5.41) is 18.9. The Morgan fingerprint density at radius 3 is 2.49 bits per heavy atom. The second-order valence-corrected chi connectivity index (χ2v) is 10.6. The molecule has 0 fully saturated rings. The first-order chi connectivity index (χ1) is 17.8. The van der Waals surface area contributed by atoms with Crippen molar-refractivity contribution >= 4 is 34.4 Å². The SMILES string of the molecule is CCCCCC1=CNC=NCCC(CCCOc2cc(F)c(C(=N)SC(=N)C(C)C)c(F)c2)CCN=C1. The largest absolute Gasteiger partial charge is 0.493 e. The third kappa shape index (κ3) is 11.6. The number of nitrogens with zero attached hydrogens (tertiary/aromatic N) is 2. The first-order valence-corrected chi connectivity index (χ1v) is 14.0. The van der Waals surface area contributed by atoms with Crippen LogP contribution in [0.3, 0.4) is 0 Å². The molecule has 0 bridgehead atoms. The van der Waals surface area contributed by atoms with Crippen LogP contribution in [0.1, 0.15) is 77.7 Å². The molecule has 1 aromatic carbocycles. The minimum absolute atomic E-state index is 0.108. The van der Waals surface area contributed by atoms with E-state index >= 15 is 0 Å². The molecule has 1 aromatic rings. The van der Waals surface area contributed by atoms with Crippen molar-refractivity contribution in [2.24, 2.45) is 21.8 Å². The average Bonchev–Trinajstić information content (AvgIpc) is 2.83. The zero-order chi connectivity index (χ0) is 27.0. The lowest BCUT2D eigenvalue weighted by Crippen LogP contribution is -2.11. The third-order valence-electron chi connectivity index (χ3n) is 6.10. The standard InChI is InChI=1S/C28H41F2N5OS/c1-4-5-6-8-22-17-33-12-10-21(11-13-34-19-35-18-22)9-7-14-36-23-15-24(29)26(25(30)16-23)28(32)37-27(31)20(2)3/h15-21,31-32H,4-14H2,1-3H3,(H,34,35). The van der Waals surface area contributed by atoms with Gasteiger partial charge in [0.2, 0.25) is 0 Å². The number of ether oxygens (including phenoxy) is 1. The van der Waals surface area contributed by atoms with Gasteiger partial charge in [-0.15, -0.1) is 0 Å². The van der Waals surface area contributed by atoms with Crippen LogP contribution >= 0.6 is 11.8 Å². The molecule has 9 heteroatoms. The van der Waals surface area contributed by atoms with Gasteiger partial charge in [0, 0.05) is 43.6 Å². The molecule has 0 aromatic heterocycles. The Morgan fingerprint density at radius 1 is 1.11 bits per heavy atom. The van der Waals surface area contributed by atoms with Crippen LogP contribution in [-0.4, -0.2) is 42.3 Å². The van der Waals surface area contributed by atoms with Gasteiger partial charge in [0.25, 0.3) is 0 Å². The van der Waals surface area contributed by atoms with Gasteiger partial charge in [-0.3, -0.25) is 20.8 Å². The van der Waals surface area contributed by atoms with Crippen molar-refractivity contribution in [3.8, 4) is 5.75 Å². The summed E-state index contributed by atoms with van der Waals surface area (Å²) >= 11 is 0.764. The van der Waals surface area contributed by atoms with Crippen molar-refractivity contribution in [1.82, 2.24) is 5.32 Å². The number of allylic oxidation sites excluding steroid dienone is 1. The Kier molecular flexibility index (Phi) is 14.1. The number of benzene rings is 1. The van der Waals surface area contributed by atoms with Crippen LogP contribution in [0.15, 0.2) is 33.9 Å². The highest BCUT2D eigenvalue weighted by Gasteiger charge is 2.19. The maximum atomic E-state index is 14.6. The van der Waals surface area contributed by atoms with Crippen LogP contribution in [0.25, 0.3) is 0 Å². The first kappa shape index (κ1) is 30.7. The second kappa shape index (κ2) is 17.1. The first-order valence-electron chi connectivity index (χ1n) is 13.2. The lowest BCUT2D eigenvalue weighted by atomic mass is 9.96. The monoisotopic (exact) mass is 533 g/mol. The number of hydrogen-bond donors (Lipinski definition) is 3. The summed E-state index contributed by atoms with van der Waals surface area (Å²) in [6.07, 6.45) is 13.8. The molecule has 1 aliphatic rings. The Morgan fingerprint density at radius 2 is 1.81 bits per heavy atom. The third-order valence-corrected chi connectivity index (χ3v) is 7.20. The van der Waals surface area contributed by atoms with E-state index in [1.54, 1.807) is 20.2 Å². The topological polar surface area (TPSA) is 93.7 Å². The molecular formula is C28H41F2N5OS. The van der Waals surface area contributed by atoms with Gasteiger partial charge in [-0.05, 0) is 50.0 Å². The summed E-state index contributed by atoms with van der Waals surface area (Å²) in [7, 11) is 0. The van der Waals surface area contributed by atoms with E-state index in [2.05, 4.69) is 22.2 Å². The molecule has 1 heterocycles. The van der Waals surface area contributed by atoms with Gasteiger partial charge < -0.3 is 10.1 Å². The van der Waals surface area contributed by atoms with Crippen LogP contribution in [0.2, 0.25) is 0 Å². The zero-order valence-electron chi connectivity index (χ0n) is 22.3. The average molecular weight is 534 g/mol. The van der Waals surface area contributed by atoms with Gasteiger partial charge in [0.1, 0.15) is 22.4 Å². The van der Waals surface area contributed by atoms with Crippen molar-refractivity contribution in [3.05, 3.63) is 41.1 Å². The number of thioether (sulfide) groups is 1. The van der Waals surface area contributed by atoms with Crippen LogP contribution < -0.4 is 10.1 Å². The van der Waals surface area contributed by atoms with Gasteiger partial charge in [0.15, 0.2) is 0 Å². The molecule has 0 spiro atoms. The normalized spacial score (nSPS) is 16.5. The summed E-state index contributed by atoms with van der Waals surface area (Å²) < 4.78 is 34.8. The number of aliphatic imine (C=N–C) groups is 2. The van der Waals surface area contributed by atoms with Crippen molar-refractivity contribution in [2.45, 2.75) is 72.1 Å². The molecule has 204 valence electrons. The lowest BCUT2D eigenvalue weighted by molar-refractivity contribution is 0.284. The summed E-state index contributed by atoms with van der Waals surface area (Å²) in [6.45, 7) is 7.64. The van der Waals surface area contributed by atoms with Gasteiger partial charge in [-0.2, -0.15) is 0 Å². The number of rotatable bonds is 11. The van der Waals surface area contributed by atoms with E-state index in [4.69, 9.17) is 15.6 Å². The van der Waals surface area contributed by atoms with Crippen LogP contribution in [0, 0.1) is 34.3 Å². The summed E-state index contributed by atoms with van der Waals surface area (Å²) in [5.41, 5.74) is 0.762. The highest BCUT2D eigenvalue weighted by molar-refractivity contribution is 8.26. The molecule has 37 heavy (non-hydrogen) atoms. The molecule has 1 atom stereocenters. The van der Waals surface area contributed by atoms with Crippen LogP contribution in [-0.2, 0) is 0 Å². The number of nitrogens with one attached hydrogen (secondary N) is 3. The van der Waals surface area contributed by atoms with Crippen molar-refractivity contribution in [2.75, 3.05) is 19.7 Å². The molecule has 0 amide bonds. The minimum atomic E-state index is -0.851. The molecule has 0 saturated carbocycles. The van der Waals surface area contributed by atoms with E-state index in [0.717, 1.165) is 75.5 Å².